The van der Waals surface area contributed by atoms with Gasteiger partial charge in [0.2, 0.25) is 0 Å². The molecule has 0 radical (unpaired) electrons. The largest absolute Gasteiger partial charge is 0.309 e. The van der Waals surface area contributed by atoms with E-state index >= 15 is 0 Å². The molecule has 0 saturated heterocycles. The van der Waals surface area contributed by atoms with Crippen LogP contribution in [0.15, 0.2) is 200 Å². The van der Waals surface area contributed by atoms with Gasteiger partial charge >= 0.3 is 0 Å². The second kappa shape index (κ2) is 14.6. The third-order valence-corrected chi connectivity index (χ3v) is 13.6. The maximum absolute atomic E-state index is 2.60. The zero-order valence-electron chi connectivity index (χ0n) is 33.6. The highest BCUT2D eigenvalue weighted by molar-refractivity contribution is 6.07. The predicted octanol–water partition coefficient (Wildman–Crippen LogP) is 16.2. The molecule has 1 fully saturated rings. The molecule has 1 nitrogen and oxygen atoms in total. The van der Waals surface area contributed by atoms with E-state index in [0.717, 1.165) is 5.69 Å². The molecule has 9 aromatic carbocycles. The lowest BCUT2D eigenvalue weighted by molar-refractivity contribution is 0.445. The SMILES string of the molecule is CC1(c2ccccc2)c2ccccc2-c2c(N(c3ccccc3-c3cccc4ccccc34)c3ccccc3-c3cccc4cccc(C5CCCCC5)c34)cccc21. The topological polar surface area (TPSA) is 3.24 Å². The fourth-order valence-corrected chi connectivity index (χ4v) is 10.8. The molecular weight excluding hydrogens is 711 g/mol. The lowest BCUT2D eigenvalue weighted by Crippen LogP contribution is -2.22. The fourth-order valence-electron chi connectivity index (χ4n) is 10.8. The van der Waals surface area contributed by atoms with Crippen molar-refractivity contribution in [3.8, 4) is 33.4 Å². The van der Waals surface area contributed by atoms with Crippen LogP contribution in [0.2, 0.25) is 0 Å². The summed E-state index contributed by atoms with van der Waals surface area (Å²) in [5, 5.41) is 5.21. The third-order valence-electron chi connectivity index (χ3n) is 13.6. The molecule has 11 rings (SSSR count). The molecule has 9 aromatic rings. The number of benzene rings is 9. The molecule has 0 amide bonds. The van der Waals surface area contributed by atoms with Gasteiger partial charge in [-0.05, 0) is 104 Å². The van der Waals surface area contributed by atoms with E-state index in [1.807, 2.05) is 0 Å². The minimum absolute atomic E-state index is 0.325. The summed E-state index contributed by atoms with van der Waals surface area (Å²) in [6, 6.07) is 74.9. The van der Waals surface area contributed by atoms with E-state index in [1.54, 1.807) is 0 Å². The summed E-state index contributed by atoms with van der Waals surface area (Å²) in [4.78, 5) is 2.60. The highest BCUT2D eigenvalue weighted by Crippen LogP contribution is 2.58. The Balaban J connectivity index is 1.23. The van der Waals surface area contributed by atoms with Crippen molar-refractivity contribution in [3.63, 3.8) is 0 Å². The van der Waals surface area contributed by atoms with Crippen molar-refractivity contribution in [3.05, 3.63) is 222 Å². The van der Waals surface area contributed by atoms with Crippen LogP contribution in [0.5, 0.6) is 0 Å². The second-order valence-corrected chi connectivity index (χ2v) is 16.7. The summed E-state index contributed by atoms with van der Waals surface area (Å²) in [6.07, 6.45) is 6.47. The molecule has 2 aliphatic rings. The molecule has 1 unspecified atom stereocenters. The summed E-state index contributed by atoms with van der Waals surface area (Å²) < 4.78 is 0. The Morgan fingerprint density at radius 1 is 0.407 bits per heavy atom. The highest BCUT2D eigenvalue weighted by Gasteiger charge is 2.42. The van der Waals surface area contributed by atoms with Gasteiger partial charge in [-0.25, -0.2) is 0 Å². The number of nitrogens with zero attached hydrogens (tertiary/aromatic N) is 1. The number of hydrogen-bond donors (Lipinski definition) is 0. The molecule has 0 aliphatic heterocycles. The molecule has 1 atom stereocenters. The average molecular weight is 758 g/mol. The van der Waals surface area contributed by atoms with Gasteiger partial charge in [-0.3, -0.25) is 0 Å². The van der Waals surface area contributed by atoms with Crippen molar-refractivity contribution in [2.24, 2.45) is 0 Å². The quantitative estimate of drug-likeness (QED) is 0.156. The molecule has 2 aliphatic carbocycles. The van der Waals surface area contributed by atoms with Crippen LogP contribution >= 0.6 is 0 Å². The van der Waals surface area contributed by atoms with Crippen LogP contribution in [0.25, 0.3) is 54.9 Å². The Morgan fingerprint density at radius 3 is 1.71 bits per heavy atom. The summed E-state index contributed by atoms with van der Waals surface area (Å²) in [6.45, 7) is 2.42. The molecule has 0 aromatic heterocycles. The Labute approximate surface area is 348 Å². The maximum Gasteiger partial charge on any atom is 0.0543 e. The van der Waals surface area contributed by atoms with Crippen LogP contribution in [0.3, 0.4) is 0 Å². The van der Waals surface area contributed by atoms with Crippen LogP contribution in [-0.4, -0.2) is 0 Å². The van der Waals surface area contributed by atoms with Crippen LogP contribution in [0, 0.1) is 0 Å². The summed E-state index contributed by atoms with van der Waals surface area (Å²) in [5.41, 5.74) is 16.2. The Hall–Kier alpha value is -6.70. The number of rotatable bonds is 7. The van der Waals surface area contributed by atoms with E-state index in [4.69, 9.17) is 0 Å². The number of fused-ring (bicyclic) bond motifs is 5. The highest BCUT2D eigenvalue weighted by atomic mass is 15.2. The van der Waals surface area contributed by atoms with Gasteiger partial charge in [0.15, 0.2) is 0 Å². The van der Waals surface area contributed by atoms with E-state index in [0.29, 0.717) is 5.92 Å². The zero-order chi connectivity index (χ0) is 39.3. The summed E-state index contributed by atoms with van der Waals surface area (Å²) in [5.74, 6) is 0.577. The Kier molecular flexibility index (Phi) is 8.77. The van der Waals surface area contributed by atoms with E-state index < -0.39 is 0 Å². The first kappa shape index (κ1) is 35.5. The molecule has 284 valence electrons. The van der Waals surface area contributed by atoms with Gasteiger partial charge in [0, 0.05) is 22.1 Å². The van der Waals surface area contributed by atoms with Gasteiger partial charge < -0.3 is 4.90 Å². The molecule has 59 heavy (non-hydrogen) atoms. The molecule has 1 heteroatoms. The van der Waals surface area contributed by atoms with E-state index in [9.17, 15) is 0 Å². The van der Waals surface area contributed by atoms with Gasteiger partial charge in [0.25, 0.3) is 0 Å². The lowest BCUT2D eigenvalue weighted by Gasteiger charge is -2.33. The van der Waals surface area contributed by atoms with Gasteiger partial charge in [0.1, 0.15) is 0 Å². The smallest absolute Gasteiger partial charge is 0.0543 e. The predicted molar refractivity (Wildman–Crippen MR) is 250 cm³/mol. The van der Waals surface area contributed by atoms with Crippen molar-refractivity contribution < 1.29 is 0 Å². The van der Waals surface area contributed by atoms with Crippen molar-refractivity contribution >= 4 is 38.6 Å². The molecule has 0 heterocycles. The van der Waals surface area contributed by atoms with Gasteiger partial charge in [0.05, 0.1) is 17.1 Å². The van der Waals surface area contributed by atoms with Crippen LogP contribution in [0.1, 0.15) is 67.2 Å². The lowest BCUT2D eigenvalue weighted by atomic mass is 9.74. The third kappa shape index (κ3) is 5.75. The molecule has 0 N–H and O–H groups in total. The number of hydrogen-bond acceptors (Lipinski definition) is 1. The summed E-state index contributed by atoms with van der Waals surface area (Å²) in [7, 11) is 0. The minimum Gasteiger partial charge on any atom is -0.309 e. The average Bonchev–Trinajstić information content (AvgIpc) is 3.58. The van der Waals surface area contributed by atoms with Crippen molar-refractivity contribution in [2.45, 2.75) is 50.4 Å². The van der Waals surface area contributed by atoms with Gasteiger partial charge in [-0.1, -0.05) is 201 Å². The number of para-hydroxylation sites is 2. The van der Waals surface area contributed by atoms with Crippen molar-refractivity contribution in [2.75, 3.05) is 4.90 Å². The standard InChI is InChI=1S/C58H47N/c1-58(43-26-6-3-7-27-43)51-35-13-10-31-50(51)57-52(58)36-19-39-55(57)59(53-37-14-11-29-47(53)46-33-16-23-40-22-8-9-28-44(40)46)54-38-15-12-30-48(54)49-34-18-25-42-24-17-32-45(56(42)49)41-20-4-2-5-21-41/h3,6-19,22-39,41H,2,4-5,20-21H2,1H3. The maximum atomic E-state index is 2.60. The van der Waals surface area contributed by atoms with Crippen molar-refractivity contribution in [1.82, 2.24) is 0 Å². The first-order valence-corrected chi connectivity index (χ1v) is 21.5. The van der Waals surface area contributed by atoms with Crippen molar-refractivity contribution in [1.29, 1.82) is 0 Å². The van der Waals surface area contributed by atoms with Crippen LogP contribution in [-0.2, 0) is 5.41 Å². The van der Waals surface area contributed by atoms with Gasteiger partial charge in [-0.15, -0.1) is 0 Å². The second-order valence-electron chi connectivity index (χ2n) is 16.7. The molecule has 0 spiro atoms. The molecule has 0 bridgehead atoms. The normalized spacial score (nSPS) is 16.2. The zero-order valence-corrected chi connectivity index (χ0v) is 33.6. The van der Waals surface area contributed by atoms with E-state index in [-0.39, 0.29) is 5.41 Å². The minimum atomic E-state index is -0.325. The summed E-state index contributed by atoms with van der Waals surface area (Å²) >= 11 is 0. The van der Waals surface area contributed by atoms with Crippen LogP contribution < -0.4 is 4.90 Å². The van der Waals surface area contributed by atoms with Crippen LogP contribution in [0.4, 0.5) is 17.1 Å². The van der Waals surface area contributed by atoms with E-state index in [1.165, 1.54) is 121 Å². The Bertz CT molecular complexity index is 3000. The van der Waals surface area contributed by atoms with E-state index in [2.05, 4.69) is 212 Å². The number of anilines is 3. The monoisotopic (exact) mass is 757 g/mol. The van der Waals surface area contributed by atoms with Gasteiger partial charge in [-0.2, -0.15) is 0 Å². The molecule has 1 saturated carbocycles. The fraction of sp³-hybridized carbons (Fsp3) is 0.138. The first-order valence-electron chi connectivity index (χ1n) is 21.5. The Morgan fingerprint density at radius 2 is 0.932 bits per heavy atom. The first-order chi connectivity index (χ1) is 29.2. The molecular formula is C58H47N.